The Labute approximate surface area is 120 Å². The molecule has 112 valence electrons. The van der Waals surface area contributed by atoms with Crippen LogP contribution in [-0.2, 0) is 9.47 Å². The molecule has 6 heteroatoms. The van der Waals surface area contributed by atoms with Gasteiger partial charge in [0.15, 0.2) is 0 Å². The van der Waals surface area contributed by atoms with Crippen LogP contribution in [0.3, 0.4) is 0 Å². The molecule has 6 nitrogen and oxygen atoms in total. The van der Waals surface area contributed by atoms with Crippen molar-refractivity contribution in [2.24, 2.45) is 0 Å². The molecule has 0 radical (unpaired) electrons. The summed E-state index contributed by atoms with van der Waals surface area (Å²) in [4.78, 5) is 18.4. The average Bonchev–Trinajstić information content (AvgIpc) is 2.47. The zero-order valence-corrected chi connectivity index (χ0v) is 12.4. The van der Waals surface area contributed by atoms with Crippen molar-refractivity contribution in [2.75, 3.05) is 52.4 Å². The Balaban J connectivity index is 2.78. The fourth-order valence-corrected chi connectivity index (χ4v) is 1.74. The van der Waals surface area contributed by atoms with E-state index in [2.05, 4.69) is 10.3 Å². The van der Waals surface area contributed by atoms with Gasteiger partial charge in [-0.2, -0.15) is 0 Å². The topological polar surface area (TPSA) is 63.7 Å². The molecule has 1 amide bonds. The van der Waals surface area contributed by atoms with E-state index in [0.717, 1.165) is 6.54 Å². The molecule has 0 aliphatic heterocycles. The highest BCUT2D eigenvalue weighted by Gasteiger charge is 2.15. The molecule has 0 fully saturated rings. The molecule has 1 heterocycles. The summed E-state index contributed by atoms with van der Waals surface area (Å²) in [6.45, 7) is 4.83. The smallest absolute Gasteiger partial charge is 0.254 e. The number of amides is 1. The zero-order valence-electron chi connectivity index (χ0n) is 12.4. The van der Waals surface area contributed by atoms with Gasteiger partial charge in [0.05, 0.1) is 13.2 Å². The number of ether oxygens (including phenoxy) is 2. The van der Waals surface area contributed by atoms with E-state index in [4.69, 9.17) is 9.47 Å². The average molecular weight is 281 g/mol. The number of rotatable bonds is 9. The van der Waals surface area contributed by atoms with E-state index < -0.39 is 0 Å². The van der Waals surface area contributed by atoms with Crippen molar-refractivity contribution in [3.63, 3.8) is 0 Å². The molecular formula is C14H23N3O3. The Hall–Kier alpha value is -1.66. The molecule has 0 spiro atoms. The molecule has 1 aromatic rings. The van der Waals surface area contributed by atoms with Crippen molar-refractivity contribution < 1.29 is 14.3 Å². The van der Waals surface area contributed by atoms with E-state index in [0.29, 0.717) is 37.7 Å². The van der Waals surface area contributed by atoms with Crippen molar-refractivity contribution in [1.29, 1.82) is 0 Å². The van der Waals surface area contributed by atoms with Crippen LogP contribution in [0.25, 0.3) is 0 Å². The molecule has 0 aliphatic rings. The van der Waals surface area contributed by atoms with E-state index in [1.165, 1.54) is 0 Å². The number of aromatic nitrogens is 1. The summed E-state index contributed by atoms with van der Waals surface area (Å²) in [6.07, 6.45) is 1.63. The third-order valence-corrected chi connectivity index (χ3v) is 2.78. The van der Waals surface area contributed by atoms with E-state index in [-0.39, 0.29) is 5.91 Å². The quantitative estimate of drug-likeness (QED) is 0.738. The number of methoxy groups -OCH3 is 2. The molecule has 0 aliphatic carbocycles. The number of carbonyl (C=O) groups excluding carboxylic acids is 1. The minimum Gasteiger partial charge on any atom is -0.383 e. The fourth-order valence-electron chi connectivity index (χ4n) is 1.74. The fraction of sp³-hybridized carbons (Fsp3) is 0.571. The number of nitrogens with one attached hydrogen (secondary N) is 1. The first-order valence-corrected chi connectivity index (χ1v) is 6.70. The second-order valence-corrected chi connectivity index (χ2v) is 4.24. The molecule has 20 heavy (non-hydrogen) atoms. The normalized spacial score (nSPS) is 10.3. The maximum Gasteiger partial charge on any atom is 0.254 e. The Morgan fingerprint density at radius 2 is 1.95 bits per heavy atom. The lowest BCUT2D eigenvalue weighted by molar-refractivity contribution is 0.0627. The molecule has 1 aromatic heterocycles. The van der Waals surface area contributed by atoms with Crippen LogP contribution in [0.15, 0.2) is 18.3 Å². The van der Waals surface area contributed by atoms with Gasteiger partial charge in [0.2, 0.25) is 0 Å². The maximum absolute atomic E-state index is 12.5. The van der Waals surface area contributed by atoms with Gasteiger partial charge in [0.25, 0.3) is 5.91 Å². The monoisotopic (exact) mass is 281 g/mol. The van der Waals surface area contributed by atoms with E-state index in [1.54, 1.807) is 37.4 Å². The summed E-state index contributed by atoms with van der Waals surface area (Å²) in [7, 11) is 3.24. The number of pyridine rings is 1. The number of nitrogens with zero attached hydrogens (tertiary/aromatic N) is 2. The van der Waals surface area contributed by atoms with Crippen LogP contribution in [-0.4, -0.2) is 62.9 Å². The van der Waals surface area contributed by atoms with Crippen LogP contribution in [0.5, 0.6) is 0 Å². The summed E-state index contributed by atoms with van der Waals surface area (Å²) >= 11 is 0. The molecule has 1 N–H and O–H groups in total. The summed E-state index contributed by atoms with van der Waals surface area (Å²) in [5.74, 6) is 0.664. The SMILES string of the molecule is CCNc1cc(C(=O)N(CCOC)CCOC)ccn1. The third kappa shape index (κ3) is 5.14. The number of carbonyl (C=O) groups is 1. The van der Waals surface area contributed by atoms with Crippen LogP contribution in [0.2, 0.25) is 0 Å². The minimum atomic E-state index is -0.0411. The molecule has 0 atom stereocenters. The summed E-state index contributed by atoms with van der Waals surface area (Å²) < 4.78 is 10.1. The maximum atomic E-state index is 12.5. The van der Waals surface area contributed by atoms with Gasteiger partial charge in [-0.3, -0.25) is 4.79 Å². The molecule has 0 unspecified atom stereocenters. The number of hydrogen-bond acceptors (Lipinski definition) is 5. The molecule has 0 saturated heterocycles. The lowest BCUT2D eigenvalue weighted by Crippen LogP contribution is -2.36. The Morgan fingerprint density at radius 1 is 1.30 bits per heavy atom. The van der Waals surface area contributed by atoms with Gasteiger partial charge in [0, 0.05) is 45.6 Å². The van der Waals surface area contributed by atoms with Crippen LogP contribution in [0.4, 0.5) is 5.82 Å². The van der Waals surface area contributed by atoms with Crippen molar-refractivity contribution in [3.05, 3.63) is 23.9 Å². The van der Waals surface area contributed by atoms with Gasteiger partial charge in [-0.25, -0.2) is 4.98 Å². The lowest BCUT2D eigenvalue weighted by Gasteiger charge is -2.22. The lowest BCUT2D eigenvalue weighted by atomic mass is 10.2. The van der Waals surface area contributed by atoms with Gasteiger partial charge >= 0.3 is 0 Å². The van der Waals surface area contributed by atoms with E-state index in [1.807, 2.05) is 6.92 Å². The molecule has 1 rings (SSSR count). The third-order valence-electron chi connectivity index (χ3n) is 2.78. The van der Waals surface area contributed by atoms with Crippen molar-refractivity contribution in [3.8, 4) is 0 Å². The summed E-state index contributed by atoms with van der Waals surface area (Å²) in [5.41, 5.74) is 0.614. The number of hydrogen-bond donors (Lipinski definition) is 1. The summed E-state index contributed by atoms with van der Waals surface area (Å²) in [5, 5.41) is 3.10. The van der Waals surface area contributed by atoms with E-state index >= 15 is 0 Å². The van der Waals surface area contributed by atoms with Crippen molar-refractivity contribution in [2.45, 2.75) is 6.92 Å². The van der Waals surface area contributed by atoms with Gasteiger partial charge in [0.1, 0.15) is 5.82 Å². The first kappa shape index (κ1) is 16.4. The first-order valence-electron chi connectivity index (χ1n) is 6.70. The Morgan fingerprint density at radius 3 is 2.50 bits per heavy atom. The standard InChI is InChI=1S/C14H23N3O3/c1-4-15-13-11-12(5-6-16-13)14(18)17(7-9-19-2)8-10-20-3/h5-6,11H,4,7-10H2,1-3H3,(H,15,16). The summed E-state index contributed by atoms with van der Waals surface area (Å²) in [6, 6.07) is 3.48. The van der Waals surface area contributed by atoms with Crippen LogP contribution < -0.4 is 5.32 Å². The van der Waals surface area contributed by atoms with Crippen LogP contribution >= 0.6 is 0 Å². The first-order chi connectivity index (χ1) is 9.72. The van der Waals surface area contributed by atoms with Crippen molar-refractivity contribution in [1.82, 2.24) is 9.88 Å². The predicted octanol–water partition coefficient (Wildman–Crippen LogP) is 1.25. The number of anilines is 1. The second kappa shape index (κ2) is 9.28. The Kier molecular flexibility index (Phi) is 7.60. The molecule has 0 bridgehead atoms. The van der Waals surface area contributed by atoms with E-state index in [9.17, 15) is 4.79 Å². The molecule has 0 saturated carbocycles. The van der Waals surface area contributed by atoms with Crippen LogP contribution in [0, 0.1) is 0 Å². The van der Waals surface area contributed by atoms with Crippen molar-refractivity contribution >= 4 is 11.7 Å². The second-order valence-electron chi connectivity index (χ2n) is 4.24. The van der Waals surface area contributed by atoms with Crippen LogP contribution in [0.1, 0.15) is 17.3 Å². The minimum absolute atomic E-state index is 0.0411. The highest BCUT2D eigenvalue weighted by Crippen LogP contribution is 2.09. The highest BCUT2D eigenvalue weighted by molar-refractivity contribution is 5.94. The molecular weight excluding hydrogens is 258 g/mol. The zero-order chi connectivity index (χ0) is 14.8. The predicted molar refractivity (Wildman–Crippen MR) is 78.1 cm³/mol. The highest BCUT2D eigenvalue weighted by atomic mass is 16.5. The largest absolute Gasteiger partial charge is 0.383 e. The molecule has 0 aromatic carbocycles. The Bertz CT molecular complexity index is 404. The van der Waals surface area contributed by atoms with Gasteiger partial charge in [-0.1, -0.05) is 0 Å². The van der Waals surface area contributed by atoms with Gasteiger partial charge in [-0.05, 0) is 19.1 Å². The van der Waals surface area contributed by atoms with Gasteiger partial charge in [-0.15, -0.1) is 0 Å². The van der Waals surface area contributed by atoms with Gasteiger partial charge < -0.3 is 19.7 Å².